The van der Waals surface area contributed by atoms with Gasteiger partial charge in [-0.05, 0) is 6.92 Å². The van der Waals surface area contributed by atoms with Gasteiger partial charge in [0.2, 0.25) is 17.3 Å². The Morgan fingerprint density at radius 2 is 1.80 bits per heavy atom. The van der Waals surface area contributed by atoms with E-state index in [1.54, 1.807) is 20.8 Å². The number of carboxylic acid groups (broad SMARTS) is 1. The van der Waals surface area contributed by atoms with Gasteiger partial charge in [-0.1, -0.05) is 20.8 Å². The second kappa shape index (κ2) is 5.04. The highest BCUT2D eigenvalue weighted by atomic mass is 19.4. The number of alkyl halides is 3. The summed E-state index contributed by atoms with van der Waals surface area (Å²) in [7, 11) is 0. The van der Waals surface area contributed by atoms with Gasteiger partial charge in [-0.25, -0.2) is 4.79 Å². The normalized spacial score (nSPS) is 15.9. The highest BCUT2D eigenvalue weighted by Gasteiger charge is 2.57. The second-order valence-electron chi connectivity index (χ2n) is 5.53. The van der Waals surface area contributed by atoms with E-state index in [1.165, 1.54) is 0 Å². The van der Waals surface area contributed by atoms with Crippen molar-refractivity contribution in [2.75, 3.05) is 0 Å². The summed E-state index contributed by atoms with van der Waals surface area (Å²) in [4.78, 5) is 10.8. The first-order valence-corrected chi connectivity index (χ1v) is 5.76. The van der Waals surface area contributed by atoms with Crippen LogP contribution in [0.3, 0.4) is 0 Å². The molecule has 1 aromatic rings. The molecule has 1 unspecified atom stereocenters. The molecule has 0 aliphatic carbocycles. The van der Waals surface area contributed by atoms with Crippen molar-refractivity contribution >= 4 is 5.97 Å². The minimum atomic E-state index is -4.95. The molecule has 0 fully saturated rings. The number of aromatic nitrogens is 2. The highest BCUT2D eigenvalue weighted by molar-refractivity contribution is 5.79. The molecule has 0 saturated heterocycles. The van der Waals surface area contributed by atoms with Crippen LogP contribution in [0.1, 0.15) is 39.5 Å². The lowest BCUT2D eigenvalue weighted by Crippen LogP contribution is -2.59. The van der Waals surface area contributed by atoms with Crippen molar-refractivity contribution in [2.45, 2.75) is 51.4 Å². The second-order valence-corrected chi connectivity index (χ2v) is 5.53. The molecular weight excluding hydrogens is 279 g/mol. The number of halogens is 3. The molecule has 0 radical (unpaired) electrons. The van der Waals surface area contributed by atoms with Crippen molar-refractivity contribution in [3.8, 4) is 0 Å². The van der Waals surface area contributed by atoms with Gasteiger partial charge in [-0.15, -0.1) is 10.2 Å². The Morgan fingerprint density at radius 1 is 1.25 bits per heavy atom. The van der Waals surface area contributed by atoms with E-state index < -0.39 is 29.6 Å². The maximum Gasteiger partial charge on any atom is 0.417 e. The van der Waals surface area contributed by atoms with Crippen molar-refractivity contribution in [2.24, 2.45) is 0 Å². The van der Waals surface area contributed by atoms with Crippen LogP contribution in [0.4, 0.5) is 13.2 Å². The Hall–Kier alpha value is -1.64. The smallest absolute Gasteiger partial charge is 0.417 e. The van der Waals surface area contributed by atoms with Crippen LogP contribution in [0.5, 0.6) is 0 Å². The molecule has 0 aromatic carbocycles. The number of carboxylic acids is 1. The molecule has 0 saturated carbocycles. The standard InChI is InChI=1S/C11H16F3N3O3/c1-9(2,3)7-17-16-6(20-7)5-15-10(4,8(18)19)11(12,13)14/h15H,5H2,1-4H3,(H,18,19). The largest absolute Gasteiger partial charge is 0.480 e. The molecule has 6 nitrogen and oxygen atoms in total. The molecule has 0 aliphatic rings. The van der Waals surface area contributed by atoms with Gasteiger partial charge in [-0.3, -0.25) is 5.32 Å². The first kappa shape index (κ1) is 16.4. The summed E-state index contributed by atoms with van der Waals surface area (Å²) in [5.74, 6) is -1.87. The summed E-state index contributed by atoms with van der Waals surface area (Å²) in [5, 5.41) is 17.9. The lowest BCUT2D eigenvalue weighted by molar-refractivity contribution is -0.206. The van der Waals surface area contributed by atoms with Gasteiger partial charge in [0.25, 0.3) is 0 Å². The predicted octanol–water partition coefficient (Wildman–Crippen LogP) is 1.86. The monoisotopic (exact) mass is 295 g/mol. The number of nitrogens with one attached hydrogen (secondary N) is 1. The van der Waals surface area contributed by atoms with Crippen LogP contribution >= 0.6 is 0 Å². The molecule has 114 valence electrons. The van der Waals surface area contributed by atoms with Crippen LogP contribution < -0.4 is 5.32 Å². The number of hydrogen-bond donors (Lipinski definition) is 2. The van der Waals surface area contributed by atoms with E-state index >= 15 is 0 Å². The van der Waals surface area contributed by atoms with E-state index in [2.05, 4.69) is 10.2 Å². The van der Waals surface area contributed by atoms with Gasteiger partial charge >= 0.3 is 12.1 Å². The fourth-order valence-electron chi connectivity index (χ4n) is 1.18. The van der Waals surface area contributed by atoms with Crippen LogP contribution in [-0.4, -0.2) is 33.0 Å². The van der Waals surface area contributed by atoms with Crippen LogP contribution in [0.2, 0.25) is 0 Å². The van der Waals surface area contributed by atoms with Crippen LogP contribution in [0, 0.1) is 0 Å². The SMILES string of the molecule is CC(C)(C)c1nnc(CNC(C)(C(=O)O)C(F)(F)F)o1. The molecular formula is C11H16F3N3O3. The first-order chi connectivity index (χ1) is 8.88. The fraction of sp³-hybridized carbons (Fsp3) is 0.727. The molecule has 0 spiro atoms. The summed E-state index contributed by atoms with van der Waals surface area (Å²) < 4.78 is 43.4. The summed E-state index contributed by atoms with van der Waals surface area (Å²) in [6.45, 7) is 5.44. The number of aliphatic carboxylic acids is 1. The highest BCUT2D eigenvalue weighted by Crippen LogP contribution is 2.30. The van der Waals surface area contributed by atoms with E-state index in [-0.39, 0.29) is 11.8 Å². The van der Waals surface area contributed by atoms with Gasteiger partial charge in [0.1, 0.15) is 0 Å². The Labute approximate surface area is 113 Å². The van der Waals surface area contributed by atoms with Gasteiger partial charge in [-0.2, -0.15) is 13.2 Å². The van der Waals surface area contributed by atoms with Gasteiger partial charge < -0.3 is 9.52 Å². The number of hydrogen-bond acceptors (Lipinski definition) is 5. The third kappa shape index (κ3) is 3.27. The average Bonchev–Trinajstić information content (AvgIpc) is 2.71. The van der Waals surface area contributed by atoms with Crippen molar-refractivity contribution in [1.82, 2.24) is 15.5 Å². The molecule has 20 heavy (non-hydrogen) atoms. The quantitative estimate of drug-likeness (QED) is 0.881. The van der Waals surface area contributed by atoms with E-state index in [0.29, 0.717) is 6.92 Å². The zero-order valence-electron chi connectivity index (χ0n) is 11.5. The number of rotatable bonds is 4. The summed E-state index contributed by atoms with van der Waals surface area (Å²) in [6.07, 6.45) is -4.95. The van der Waals surface area contributed by atoms with Crippen molar-refractivity contribution < 1.29 is 27.5 Å². The van der Waals surface area contributed by atoms with Gasteiger partial charge in [0.05, 0.1) is 6.54 Å². The topological polar surface area (TPSA) is 88.2 Å². The molecule has 0 bridgehead atoms. The minimum Gasteiger partial charge on any atom is -0.480 e. The molecule has 9 heteroatoms. The van der Waals surface area contributed by atoms with Crippen LogP contribution in [0.25, 0.3) is 0 Å². The lowest BCUT2D eigenvalue weighted by atomic mass is 9.97. The van der Waals surface area contributed by atoms with Crippen molar-refractivity contribution in [3.63, 3.8) is 0 Å². The predicted molar refractivity (Wildman–Crippen MR) is 61.9 cm³/mol. The van der Waals surface area contributed by atoms with Crippen LogP contribution in [0.15, 0.2) is 4.42 Å². The fourth-order valence-corrected chi connectivity index (χ4v) is 1.18. The van der Waals surface area contributed by atoms with E-state index in [1.807, 2.05) is 5.32 Å². The van der Waals surface area contributed by atoms with E-state index in [9.17, 15) is 18.0 Å². The Morgan fingerprint density at radius 3 is 2.15 bits per heavy atom. The zero-order chi connectivity index (χ0) is 15.8. The Balaban J connectivity index is 2.85. The van der Waals surface area contributed by atoms with Crippen molar-refractivity contribution in [1.29, 1.82) is 0 Å². The summed E-state index contributed by atoms with van der Waals surface area (Å²) >= 11 is 0. The molecule has 1 aromatic heterocycles. The zero-order valence-corrected chi connectivity index (χ0v) is 11.5. The molecule has 0 amide bonds. The average molecular weight is 295 g/mol. The minimum absolute atomic E-state index is 0.105. The number of carbonyl (C=O) groups is 1. The lowest BCUT2D eigenvalue weighted by Gasteiger charge is -2.28. The third-order valence-corrected chi connectivity index (χ3v) is 2.70. The summed E-state index contributed by atoms with van der Waals surface area (Å²) in [6, 6.07) is 0. The molecule has 0 aliphatic heterocycles. The van der Waals surface area contributed by atoms with Gasteiger partial charge in [0, 0.05) is 5.41 Å². The van der Waals surface area contributed by atoms with E-state index in [4.69, 9.17) is 9.52 Å². The third-order valence-electron chi connectivity index (χ3n) is 2.70. The maximum absolute atomic E-state index is 12.7. The Bertz CT molecular complexity index is 493. The van der Waals surface area contributed by atoms with Gasteiger partial charge in [0.15, 0.2) is 0 Å². The molecule has 1 atom stereocenters. The summed E-state index contributed by atoms with van der Waals surface area (Å²) in [5.41, 5.74) is -3.52. The first-order valence-electron chi connectivity index (χ1n) is 5.76. The van der Waals surface area contributed by atoms with Crippen molar-refractivity contribution in [3.05, 3.63) is 11.8 Å². The maximum atomic E-state index is 12.7. The molecule has 1 rings (SSSR count). The van der Waals surface area contributed by atoms with E-state index in [0.717, 1.165) is 0 Å². The molecule has 1 heterocycles. The van der Waals surface area contributed by atoms with Crippen LogP contribution in [-0.2, 0) is 16.8 Å². The molecule has 2 N–H and O–H groups in total. The number of nitrogens with zero attached hydrogens (tertiary/aromatic N) is 2. The Kier molecular flexibility index (Phi) is 4.14.